The summed E-state index contributed by atoms with van der Waals surface area (Å²) in [5.74, 6) is 0.178. The van der Waals surface area contributed by atoms with Gasteiger partial charge in [0.15, 0.2) is 5.79 Å². The van der Waals surface area contributed by atoms with E-state index in [-0.39, 0.29) is 12.7 Å². The van der Waals surface area contributed by atoms with Gasteiger partial charge >= 0.3 is 0 Å². The summed E-state index contributed by atoms with van der Waals surface area (Å²) in [6.07, 6.45) is 12.1. The number of furan rings is 1. The summed E-state index contributed by atoms with van der Waals surface area (Å²) in [4.78, 5) is 0. The van der Waals surface area contributed by atoms with E-state index in [1.54, 1.807) is 19.6 Å². The molecule has 0 amide bonds. The SMILES string of the molecule is COC(C)(C)OC(CCCCCCCC(CO)(SC)S(C)=O)c1ccco1. The number of rotatable bonds is 15. The molecule has 0 spiro atoms. The van der Waals surface area contributed by atoms with Gasteiger partial charge in [0, 0.05) is 24.2 Å². The van der Waals surface area contributed by atoms with Crippen LogP contribution < -0.4 is 0 Å². The van der Waals surface area contributed by atoms with E-state index in [1.807, 2.05) is 32.2 Å². The fraction of sp³-hybridized carbons (Fsp3) is 0.800. The minimum atomic E-state index is -1.03. The molecule has 1 rings (SSSR count). The molecule has 0 aliphatic rings. The van der Waals surface area contributed by atoms with Gasteiger partial charge in [-0.25, -0.2) is 0 Å². The van der Waals surface area contributed by atoms with E-state index in [0.29, 0.717) is 0 Å². The van der Waals surface area contributed by atoms with Crippen molar-refractivity contribution in [1.29, 1.82) is 0 Å². The van der Waals surface area contributed by atoms with Crippen molar-refractivity contribution in [3.05, 3.63) is 24.2 Å². The Morgan fingerprint density at radius 3 is 2.44 bits per heavy atom. The Balaban J connectivity index is 2.35. The van der Waals surface area contributed by atoms with E-state index in [2.05, 4.69) is 0 Å². The molecule has 0 saturated heterocycles. The molecule has 0 aromatic carbocycles. The van der Waals surface area contributed by atoms with Crippen LogP contribution in [0.2, 0.25) is 0 Å². The molecule has 27 heavy (non-hydrogen) atoms. The van der Waals surface area contributed by atoms with Crippen LogP contribution in [0.25, 0.3) is 0 Å². The summed E-state index contributed by atoms with van der Waals surface area (Å²) >= 11 is 1.51. The second-order valence-electron chi connectivity index (χ2n) is 7.26. The zero-order chi connectivity index (χ0) is 20.3. The molecule has 1 N–H and O–H groups in total. The van der Waals surface area contributed by atoms with Crippen LogP contribution in [0.4, 0.5) is 0 Å². The molecule has 3 atom stereocenters. The summed E-state index contributed by atoms with van der Waals surface area (Å²) in [6, 6.07) is 3.82. The molecule has 0 aliphatic heterocycles. The molecule has 5 nitrogen and oxygen atoms in total. The number of ether oxygens (including phenoxy) is 2. The molecule has 0 bridgehead atoms. The third-order valence-corrected chi connectivity index (χ3v) is 8.60. The molecule has 0 fully saturated rings. The van der Waals surface area contributed by atoms with Gasteiger partial charge in [0.2, 0.25) is 0 Å². The molecule has 1 aromatic heterocycles. The maximum Gasteiger partial charge on any atom is 0.163 e. The lowest BCUT2D eigenvalue weighted by molar-refractivity contribution is -0.230. The van der Waals surface area contributed by atoms with Crippen molar-refractivity contribution in [2.75, 3.05) is 26.2 Å². The largest absolute Gasteiger partial charge is 0.467 e. The van der Waals surface area contributed by atoms with Crippen molar-refractivity contribution in [3.63, 3.8) is 0 Å². The monoisotopic (exact) mass is 420 g/mol. The lowest BCUT2D eigenvalue weighted by Gasteiger charge is -2.28. The normalized spacial score (nSPS) is 16.8. The average Bonchev–Trinajstić information content (AvgIpc) is 3.17. The third kappa shape index (κ3) is 8.28. The van der Waals surface area contributed by atoms with Crippen molar-refractivity contribution >= 4 is 22.6 Å². The summed E-state index contributed by atoms with van der Waals surface area (Å²) < 4.78 is 28.4. The first kappa shape index (κ1) is 24.7. The van der Waals surface area contributed by atoms with Crippen molar-refractivity contribution in [1.82, 2.24) is 0 Å². The van der Waals surface area contributed by atoms with Crippen LogP contribution >= 0.6 is 11.8 Å². The topological polar surface area (TPSA) is 68.9 Å². The number of hydrogen-bond donors (Lipinski definition) is 1. The van der Waals surface area contributed by atoms with Crippen LogP contribution in [0, 0.1) is 0 Å². The number of aliphatic hydroxyl groups excluding tert-OH is 1. The number of thioether (sulfide) groups is 1. The Morgan fingerprint density at radius 2 is 1.93 bits per heavy atom. The maximum atomic E-state index is 11.9. The highest BCUT2D eigenvalue weighted by molar-refractivity contribution is 8.11. The minimum Gasteiger partial charge on any atom is -0.467 e. The van der Waals surface area contributed by atoms with Gasteiger partial charge in [-0.15, -0.1) is 11.8 Å². The summed E-state index contributed by atoms with van der Waals surface area (Å²) in [7, 11) is 0.611. The predicted molar refractivity (Wildman–Crippen MR) is 113 cm³/mol. The highest BCUT2D eigenvalue weighted by Crippen LogP contribution is 2.33. The van der Waals surface area contributed by atoms with Gasteiger partial charge in [0.05, 0.1) is 12.9 Å². The van der Waals surface area contributed by atoms with E-state index >= 15 is 0 Å². The summed E-state index contributed by atoms with van der Waals surface area (Å²) in [6.45, 7) is 3.77. The zero-order valence-corrected chi connectivity index (χ0v) is 19.0. The molecular formula is C20H36O5S2. The molecule has 158 valence electrons. The first-order valence-electron chi connectivity index (χ1n) is 9.56. The van der Waals surface area contributed by atoms with Crippen LogP contribution in [-0.4, -0.2) is 45.4 Å². The van der Waals surface area contributed by atoms with Gasteiger partial charge in [0.1, 0.15) is 15.9 Å². The van der Waals surface area contributed by atoms with E-state index in [0.717, 1.165) is 50.7 Å². The van der Waals surface area contributed by atoms with Crippen LogP contribution in [0.1, 0.15) is 70.7 Å². The van der Waals surface area contributed by atoms with E-state index in [4.69, 9.17) is 13.9 Å². The second-order valence-corrected chi connectivity index (χ2v) is 10.4. The Kier molecular flexibility index (Phi) is 11.2. The van der Waals surface area contributed by atoms with Gasteiger partial charge < -0.3 is 19.0 Å². The third-order valence-electron chi connectivity index (χ3n) is 4.94. The molecule has 3 unspecified atom stereocenters. The van der Waals surface area contributed by atoms with Crippen molar-refractivity contribution in [2.45, 2.75) is 74.8 Å². The average molecular weight is 421 g/mol. The van der Waals surface area contributed by atoms with E-state index in [9.17, 15) is 9.32 Å². The first-order chi connectivity index (χ1) is 12.8. The van der Waals surface area contributed by atoms with Crippen molar-refractivity contribution in [2.24, 2.45) is 0 Å². The zero-order valence-electron chi connectivity index (χ0n) is 17.4. The quantitative estimate of drug-likeness (QED) is 0.322. The lowest BCUT2D eigenvalue weighted by atomic mass is 10.0. The lowest BCUT2D eigenvalue weighted by Crippen LogP contribution is -2.34. The van der Waals surface area contributed by atoms with Crippen LogP contribution in [0.3, 0.4) is 0 Å². The van der Waals surface area contributed by atoms with Gasteiger partial charge in [-0.2, -0.15) is 0 Å². The molecular weight excluding hydrogens is 384 g/mol. The van der Waals surface area contributed by atoms with E-state index < -0.39 is 20.7 Å². The van der Waals surface area contributed by atoms with Crippen molar-refractivity contribution in [3.8, 4) is 0 Å². The highest BCUT2D eigenvalue weighted by Gasteiger charge is 2.32. The molecule has 7 heteroatoms. The minimum absolute atomic E-state index is 0.0330. The molecule has 0 saturated carbocycles. The number of unbranched alkanes of at least 4 members (excludes halogenated alkanes) is 4. The maximum absolute atomic E-state index is 11.9. The van der Waals surface area contributed by atoms with Crippen molar-refractivity contribution < 1.29 is 23.2 Å². The van der Waals surface area contributed by atoms with Gasteiger partial charge in [-0.1, -0.05) is 32.1 Å². The fourth-order valence-corrected chi connectivity index (χ4v) is 5.01. The molecule has 0 aliphatic carbocycles. The Hall–Kier alpha value is -0.340. The van der Waals surface area contributed by atoms with Crippen LogP contribution in [0.5, 0.6) is 0 Å². The smallest absolute Gasteiger partial charge is 0.163 e. The standard InChI is InChI=1S/C20H36O5S2/c1-19(2,23-3)25-18(17-13-11-15-24-17)12-9-7-6-8-10-14-20(16-21,26-4)27(5)22/h11,13,15,18,21H,6-10,12,14,16H2,1-5H3. The number of aliphatic hydroxyl groups is 1. The second kappa shape index (κ2) is 12.3. The summed E-state index contributed by atoms with van der Waals surface area (Å²) in [5, 5.41) is 9.61. The molecule has 1 heterocycles. The van der Waals surface area contributed by atoms with Gasteiger partial charge in [0.25, 0.3) is 0 Å². The molecule has 1 aromatic rings. The van der Waals surface area contributed by atoms with Crippen LogP contribution in [0.15, 0.2) is 22.8 Å². The first-order valence-corrected chi connectivity index (χ1v) is 12.3. The molecule has 0 radical (unpaired) electrons. The number of hydrogen-bond acceptors (Lipinski definition) is 6. The summed E-state index contributed by atoms with van der Waals surface area (Å²) in [5.41, 5.74) is 0. The highest BCUT2D eigenvalue weighted by atomic mass is 32.2. The van der Waals surface area contributed by atoms with Crippen LogP contribution in [-0.2, 0) is 20.3 Å². The number of methoxy groups -OCH3 is 1. The van der Waals surface area contributed by atoms with E-state index in [1.165, 1.54) is 11.8 Å². The fourth-order valence-electron chi connectivity index (χ4n) is 2.98. The Bertz CT molecular complexity index is 526. The van der Waals surface area contributed by atoms with Gasteiger partial charge in [-0.05, 0) is 45.1 Å². The predicted octanol–water partition coefficient (Wildman–Crippen LogP) is 4.88. The Labute approximate surface area is 171 Å². The Morgan fingerprint density at radius 1 is 1.26 bits per heavy atom. The van der Waals surface area contributed by atoms with Gasteiger partial charge in [-0.3, -0.25) is 4.21 Å².